The SMILES string of the molecule is NC(=O)C1(c2ccccc2)CCCCN1. The maximum Gasteiger partial charge on any atom is 0.242 e. The lowest BCUT2D eigenvalue weighted by molar-refractivity contribution is -0.125. The zero-order valence-electron chi connectivity index (χ0n) is 8.70. The molecule has 2 rings (SSSR count). The van der Waals surface area contributed by atoms with Crippen LogP contribution in [0.25, 0.3) is 0 Å². The number of primary amides is 1. The Morgan fingerprint density at radius 1 is 1.27 bits per heavy atom. The number of carbonyl (C=O) groups excluding carboxylic acids is 1. The van der Waals surface area contributed by atoms with E-state index in [1.54, 1.807) is 0 Å². The highest BCUT2D eigenvalue weighted by molar-refractivity contribution is 5.86. The first-order chi connectivity index (χ1) is 7.26. The molecule has 80 valence electrons. The Morgan fingerprint density at radius 3 is 2.53 bits per heavy atom. The van der Waals surface area contributed by atoms with Crippen LogP contribution in [-0.4, -0.2) is 12.5 Å². The summed E-state index contributed by atoms with van der Waals surface area (Å²) in [5.41, 5.74) is 5.88. The van der Waals surface area contributed by atoms with Crippen LogP contribution >= 0.6 is 0 Å². The van der Waals surface area contributed by atoms with E-state index in [9.17, 15) is 4.79 Å². The van der Waals surface area contributed by atoms with Crippen molar-refractivity contribution in [1.29, 1.82) is 0 Å². The summed E-state index contributed by atoms with van der Waals surface area (Å²) in [6.07, 6.45) is 2.96. The number of nitrogens with one attached hydrogen (secondary N) is 1. The molecular formula is C12H16N2O. The third-order valence-electron chi connectivity index (χ3n) is 3.09. The standard InChI is InChI=1S/C12H16N2O/c13-11(15)12(8-4-5-9-14-12)10-6-2-1-3-7-10/h1-3,6-7,14H,4-5,8-9H2,(H2,13,15). The Hall–Kier alpha value is -1.35. The van der Waals surface area contributed by atoms with Crippen LogP contribution in [0, 0.1) is 0 Å². The van der Waals surface area contributed by atoms with E-state index in [0.29, 0.717) is 0 Å². The smallest absolute Gasteiger partial charge is 0.242 e. The number of benzene rings is 1. The summed E-state index contributed by atoms with van der Waals surface area (Å²) in [5, 5.41) is 3.27. The lowest BCUT2D eigenvalue weighted by Gasteiger charge is -2.35. The number of amides is 1. The maximum absolute atomic E-state index is 11.6. The van der Waals surface area contributed by atoms with Gasteiger partial charge in [-0.05, 0) is 31.4 Å². The lowest BCUT2D eigenvalue weighted by atomic mass is 9.82. The second-order valence-electron chi connectivity index (χ2n) is 4.02. The fourth-order valence-corrected chi connectivity index (χ4v) is 2.23. The minimum atomic E-state index is -0.639. The van der Waals surface area contributed by atoms with Gasteiger partial charge in [0.1, 0.15) is 5.54 Å². The van der Waals surface area contributed by atoms with Crippen LogP contribution in [-0.2, 0) is 10.3 Å². The first-order valence-corrected chi connectivity index (χ1v) is 5.36. The van der Waals surface area contributed by atoms with Crippen LogP contribution in [0.1, 0.15) is 24.8 Å². The van der Waals surface area contributed by atoms with Crippen molar-refractivity contribution in [2.24, 2.45) is 5.73 Å². The molecule has 1 heterocycles. The number of hydrogen-bond acceptors (Lipinski definition) is 2. The molecule has 1 saturated heterocycles. The highest BCUT2D eigenvalue weighted by Crippen LogP contribution is 2.29. The van der Waals surface area contributed by atoms with E-state index in [4.69, 9.17) is 5.73 Å². The van der Waals surface area contributed by atoms with Gasteiger partial charge < -0.3 is 5.73 Å². The van der Waals surface area contributed by atoms with Gasteiger partial charge in [-0.25, -0.2) is 0 Å². The predicted octanol–water partition coefficient (Wildman–Crippen LogP) is 1.14. The molecule has 0 aliphatic carbocycles. The molecule has 3 heteroatoms. The van der Waals surface area contributed by atoms with E-state index in [0.717, 1.165) is 31.4 Å². The topological polar surface area (TPSA) is 55.1 Å². The van der Waals surface area contributed by atoms with Gasteiger partial charge in [0.15, 0.2) is 0 Å². The average Bonchev–Trinajstić information content (AvgIpc) is 2.31. The summed E-state index contributed by atoms with van der Waals surface area (Å²) in [5.74, 6) is -0.270. The summed E-state index contributed by atoms with van der Waals surface area (Å²) in [6.45, 7) is 0.859. The van der Waals surface area contributed by atoms with E-state index in [-0.39, 0.29) is 5.91 Å². The first-order valence-electron chi connectivity index (χ1n) is 5.36. The molecule has 0 saturated carbocycles. The van der Waals surface area contributed by atoms with Crippen molar-refractivity contribution in [3.63, 3.8) is 0 Å². The van der Waals surface area contributed by atoms with Gasteiger partial charge in [0.2, 0.25) is 5.91 Å². The number of nitrogens with two attached hydrogens (primary N) is 1. The monoisotopic (exact) mass is 204 g/mol. The maximum atomic E-state index is 11.6. The average molecular weight is 204 g/mol. The Kier molecular flexibility index (Phi) is 2.73. The molecule has 0 spiro atoms. The van der Waals surface area contributed by atoms with Gasteiger partial charge in [-0.1, -0.05) is 30.3 Å². The molecule has 1 amide bonds. The van der Waals surface area contributed by atoms with Crippen LogP contribution in [0.5, 0.6) is 0 Å². The Morgan fingerprint density at radius 2 is 2.00 bits per heavy atom. The quantitative estimate of drug-likeness (QED) is 0.759. The van der Waals surface area contributed by atoms with Crippen LogP contribution in [0.3, 0.4) is 0 Å². The van der Waals surface area contributed by atoms with E-state index in [1.807, 2.05) is 30.3 Å². The predicted molar refractivity (Wildman–Crippen MR) is 59.2 cm³/mol. The third kappa shape index (κ3) is 1.75. The zero-order chi connectivity index (χ0) is 10.7. The third-order valence-corrected chi connectivity index (χ3v) is 3.09. The molecule has 3 nitrogen and oxygen atoms in total. The highest BCUT2D eigenvalue weighted by atomic mass is 16.1. The number of hydrogen-bond donors (Lipinski definition) is 2. The van der Waals surface area contributed by atoms with Crippen molar-refractivity contribution < 1.29 is 4.79 Å². The van der Waals surface area contributed by atoms with Gasteiger partial charge in [0, 0.05) is 0 Å². The molecule has 1 atom stereocenters. The van der Waals surface area contributed by atoms with E-state index < -0.39 is 5.54 Å². The number of carbonyl (C=O) groups is 1. The van der Waals surface area contributed by atoms with E-state index in [2.05, 4.69) is 5.32 Å². The fraction of sp³-hybridized carbons (Fsp3) is 0.417. The molecule has 1 unspecified atom stereocenters. The Labute approximate surface area is 89.7 Å². The summed E-state index contributed by atoms with van der Waals surface area (Å²) in [6, 6.07) is 9.75. The molecule has 0 aromatic heterocycles. The summed E-state index contributed by atoms with van der Waals surface area (Å²) in [4.78, 5) is 11.6. The Bertz CT molecular complexity index is 342. The van der Waals surface area contributed by atoms with E-state index in [1.165, 1.54) is 0 Å². The molecule has 1 aliphatic heterocycles. The number of piperidine rings is 1. The van der Waals surface area contributed by atoms with Gasteiger partial charge in [-0.2, -0.15) is 0 Å². The second kappa shape index (κ2) is 4.03. The van der Waals surface area contributed by atoms with Crippen LogP contribution in [0.2, 0.25) is 0 Å². The molecule has 1 aromatic carbocycles. The van der Waals surface area contributed by atoms with Gasteiger partial charge >= 0.3 is 0 Å². The summed E-state index contributed by atoms with van der Waals surface area (Å²) < 4.78 is 0. The van der Waals surface area contributed by atoms with Gasteiger partial charge in [-0.15, -0.1) is 0 Å². The largest absolute Gasteiger partial charge is 0.368 e. The van der Waals surface area contributed by atoms with Crippen molar-refractivity contribution in [2.75, 3.05) is 6.54 Å². The molecule has 3 N–H and O–H groups in total. The molecule has 0 bridgehead atoms. The number of rotatable bonds is 2. The van der Waals surface area contributed by atoms with Gasteiger partial charge in [0.05, 0.1) is 0 Å². The molecule has 1 fully saturated rings. The second-order valence-corrected chi connectivity index (χ2v) is 4.02. The normalized spacial score (nSPS) is 26.1. The molecule has 15 heavy (non-hydrogen) atoms. The summed E-state index contributed by atoms with van der Waals surface area (Å²) in [7, 11) is 0. The van der Waals surface area contributed by atoms with Crippen LogP contribution < -0.4 is 11.1 Å². The minimum absolute atomic E-state index is 0.270. The van der Waals surface area contributed by atoms with Crippen LogP contribution in [0.15, 0.2) is 30.3 Å². The molecule has 1 aromatic rings. The fourth-order valence-electron chi connectivity index (χ4n) is 2.23. The zero-order valence-corrected chi connectivity index (χ0v) is 8.70. The van der Waals surface area contributed by atoms with Gasteiger partial charge in [-0.3, -0.25) is 10.1 Å². The van der Waals surface area contributed by atoms with Crippen molar-refractivity contribution in [1.82, 2.24) is 5.32 Å². The van der Waals surface area contributed by atoms with Crippen molar-refractivity contribution >= 4 is 5.91 Å². The van der Waals surface area contributed by atoms with Gasteiger partial charge in [0.25, 0.3) is 0 Å². The van der Waals surface area contributed by atoms with Crippen LogP contribution in [0.4, 0.5) is 0 Å². The molecular weight excluding hydrogens is 188 g/mol. The first kappa shape index (κ1) is 10.2. The highest BCUT2D eigenvalue weighted by Gasteiger charge is 2.39. The van der Waals surface area contributed by atoms with Crippen molar-refractivity contribution in [2.45, 2.75) is 24.8 Å². The van der Waals surface area contributed by atoms with E-state index >= 15 is 0 Å². The van der Waals surface area contributed by atoms with Crippen molar-refractivity contribution in [3.05, 3.63) is 35.9 Å². The van der Waals surface area contributed by atoms with Crippen molar-refractivity contribution in [3.8, 4) is 0 Å². The summed E-state index contributed by atoms with van der Waals surface area (Å²) >= 11 is 0. The minimum Gasteiger partial charge on any atom is -0.368 e. The Balaban J connectivity index is 2.38. The molecule has 1 aliphatic rings. The lowest BCUT2D eigenvalue weighted by Crippen LogP contribution is -2.54. The molecule has 0 radical (unpaired) electrons.